The molecule has 0 aromatic heterocycles. The molecule has 4 heteroatoms. The van der Waals surface area contributed by atoms with E-state index in [0.29, 0.717) is 5.69 Å². The minimum absolute atomic E-state index is 0.103. The summed E-state index contributed by atoms with van der Waals surface area (Å²) in [5, 5.41) is 6.20. The first-order chi connectivity index (χ1) is 7.21. The predicted molar refractivity (Wildman–Crippen MR) is 59.6 cm³/mol. The van der Waals surface area contributed by atoms with Crippen molar-refractivity contribution in [2.24, 2.45) is 5.41 Å². The summed E-state index contributed by atoms with van der Waals surface area (Å²) in [5.74, 6) is 0.103. The van der Waals surface area contributed by atoms with E-state index in [1.807, 2.05) is 12.1 Å². The highest BCUT2D eigenvalue weighted by molar-refractivity contribution is 6.04. The van der Waals surface area contributed by atoms with Crippen LogP contribution >= 0.6 is 0 Å². The molecule has 0 unspecified atom stereocenters. The van der Waals surface area contributed by atoms with Crippen LogP contribution in [0.15, 0.2) is 18.2 Å². The van der Waals surface area contributed by atoms with Gasteiger partial charge in [-0.05, 0) is 25.0 Å². The van der Waals surface area contributed by atoms with Gasteiger partial charge in [-0.1, -0.05) is 6.07 Å². The van der Waals surface area contributed by atoms with Crippen LogP contribution in [-0.2, 0) is 4.79 Å². The Morgan fingerprint density at radius 2 is 2.13 bits per heavy atom. The number of rotatable bonds is 0. The van der Waals surface area contributed by atoms with Crippen LogP contribution in [0.25, 0.3) is 0 Å². The number of amides is 1. The third-order valence-electron chi connectivity index (χ3n) is 3.29. The van der Waals surface area contributed by atoms with Gasteiger partial charge in [0.15, 0.2) is 0 Å². The molecule has 1 heterocycles. The summed E-state index contributed by atoms with van der Waals surface area (Å²) >= 11 is 0. The highest BCUT2D eigenvalue weighted by atomic mass is 16.2. The molecule has 1 saturated carbocycles. The molecule has 4 N–H and O–H groups in total. The summed E-state index contributed by atoms with van der Waals surface area (Å²) in [5.41, 5.74) is 7.92. The summed E-state index contributed by atoms with van der Waals surface area (Å²) in [7, 11) is 0. The molecule has 1 aliphatic carbocycles. The highest BCUT2D eigenvalue weighted by Gasteiger charge is 2.50. The van der Waals surface area contributed by atoms with Gasteiger partial charge < -0.3 is 16.4 Å². The van der Waals surface area contributed by atoms with Crippen LogP contribution in [0.2, 0.25) is 0 Å². The van der Waals surface area contributed by atoms with Crippen LogP contribution < -0.4 is 16.4 Å². The number of anilines is 3. The first kappa shape index (κ1) is 8.59. The number of carbonyl (C=O) groups is 1. The van der Waals surface area contributed by atoms with Gasteiger partial charge in [0.05, 0.1) is 22.5 Å². The molecule has 0 atom stereocenters. The van der Waals surface area contributed by atoms with Crippen LogP contribution in [0.5, 0.6) is 0 Å². The number of nitrogens with two attached hydrogens (primary N) is 1. The number of hydrogen-bond acceptors (Lipinski definition) is 3. The normalized spacial score (nSPS) is 21.2. The predicted octanol–water partition coefficient (Wildman–Crippen LogP) is 1.41. The first-order valence-corrected chi connectivity index (χ1v) is 5.15. The molecule has 2 aliphatic rings. The van der Waals surface area contributed by atoms with Crippen LogP contribution in [0, 0.1) is 5.41 Å². The van der Waals surface area contributed by atoms with Crippen molar-refractivity contribution in [1.82, 2.24) is 0 Å². The standard InChI is InChI=1S/C11H13N3O/c12-7-2-1-3-8-9(7)14-10(15)11(4-5-11)6-13-8/h1-3,13H,4-6,12H2,(H,14,15). The number of benzene rings is 1. The van der Waals surface area contributed by atoms with Gasteiger partial charge in [0.25, 0.3) is 0 Å². The molecule has 1 aliphatic heterocycles. The van der Waals surface area contributed by atoms with Crippen molar-refractivity contribution in [3.05, 3.63) is 18.2 Å². The third kappa shape index (κ3) is 1.17. The van der Waals surface area contributed by atoms with E-state index in [-0.39, 0.29) is 11.3 Å². The Bertz CT molecular complexity index is 437. The minimum Gasteiger partial charge on any atom is -0.397 e. The number of para-hydroxylation sites is 1. The lowest BCUT2D eigenvalue weighted by atomic mass is 10.1. The lowest BCUT2D eigenvalue weighted by Gasteiger charge is -2.09. The fourth-order valence-corrected chi connectivity index (χ4v) is 2.00. The fourth-order valence-electron chi connectivity index (χ4n) is 2.00. The summed E-state index contributed by atoms with van der Waals surface area (Å²) in [6.45, 7) is 0.718. The second-order valence-electron chi connectivity index (χ2n) is 4.36. The Morgan fingerprint density at radius 3 is 2.87 bits per heavy atom. The zero-order chi connectivity index (χ0) is 10.5. The minimum atomic E-state index is -0.175. The third-order valence-corrected chi connectivity index (χ3v) is 3.29. The first-order valence-electron chi connectivity index (χ1n) is 5.15. The highest BCUT2D eigenvalue weighted by Crippen LogP contribution is 2.49. The van der Waals surface area contributed by atoms with Crippen molar-refractivity contribution >= 4 is 23.0 Å². The van der Waals surface area contributed by atoms with E-state index >= 15 is 0 Å². The molecule has 78 valence electrons. The molecule has 4 nitrogen and oxygen atoms in total. The van der Waals surface area contributed by atoms with E-state index < -0.39 is 0 Å². The lowest BCUT2D eigenvalue weighted by molar-refractivity contribution is -0.120. The fraction of sp³-hybridized carbons (Fsp3) is 0.364. The largest absolute Gasteiger partial charge is 0.397 e. The molecule has 1 spiro atoms. The number of nitrogens with one attached hydrogen (secondary N) is 2. The van der Waals surface area contributed by atoms with E-state index in [1.165, 1.54) is 0 Å². The average molecular weight is 203 g/mol. The lowest BCUT2D eigenvalue weighted by Crippen LogP contribution is -2.27. The summed E-state index contributed by atoms with van der Waals surface area (Å²) in [4.78, 5) is 11.9. The molecule has 0 saturated heterocycles. The van der Waals surface area contributed by atoms with Crippen molar-refractivity contribution in [2.45, 2.75) is 12.8 Å². The molecule has 1 fully saturated rings. The van der Waals surface area contributed by atoms with E-state index in [1.54, 1.807) is 6.07 Å². The Labute approximate surface area is 87.8 Å². The molecule has 0 bridgehead atoms. The Kier molecular flexibility index (Phi) is 1.52. The van der Waals surface area contributed by atoms with Crippen LogP contribution in [0.4, 0.5) is 17.1 Å². The Hall–Kier alpha value is -1.71. The quantitative estimate of drug-likeness (QED) is 0.558. The van der Waals surface area contributed by atoms with Gasteiger partial charge in [-0.3, -0.25) is 4.79 Å². The van der Waals surface area contributed by atoms with E-state index in [2.05, 4.69) is 10.6 Å². The molecule has 3 rings (SSSR count). The topological polar surface area (TPSA) is 67.1 Å². The maximum absolute atomic E-state index is 11.9. The molecule has 1 aromatic carbocycles. The summed E-state index contributed by atoms with van der Waals surface area (Å²) in [6.07, 6.45) is 1.94. The van der Waals surface area contributed by atoms with E-state index in [4.69, 9.17) is 5.73 Å². The Balaban J connectivity index is 2.04. The maximum Gasteiger partial charge on any atom is 0.232 e. The van der Waals surface area contributed by atoms with Crippen LogP contribution in [-0.4, -0.2) is 12.5 Å². The summed E-state index contributed by atoms with van der Waals surface area (Å²) in [6, 6.07) is 5.62. The van der Waals surface area contributed by atoms with E-state index in [9.17, 15) is 4.79 Å². The van der Waals surface area contributed by atoms with Gasteiger partial charge >= 0.3 is 0 Å². The van der Waals surface area contributed by atoms with Gasteiger partial charge in [0.2, 0.25) is 5.91 Å². The van der Waals surface area contributed by atoms with E-state index in [0.717, 1.165) is 30.8 Å². The maximum atomic E-state index is 11.9. The number of fused-ring (bicyclic) bond motifs is 1. The van der Waals surface area contributed by atoms with Crippen molar-refractivity contribution in [1.29, 1.82) is 0 Å². The molecule has 1 aromatic rings. The molecule has 0 radical (unpaired) electrons. The van der Waals surface area contributed by atoms with Crippen LogP contribution in [0.1, 0.15) is 12.8 Å². The smallest absolute Gasteiger partial charge is 0.232 e. The number of hydrogen-bond donors (Lipinski definition) is 3. The van der Waals surface area contributed by atoms with Crippen LogP contribution in [0.3, 0.4) is 0 Å². The average Bonchev–Trinajstić information content (AvgIpc) is 3.00. The van der Waals surface area contributed by atoms with Gasteiger partial charge in [0.1, 0.15) is 0 Å². The molecule has 15 heavy (non-hydrogen) atoms. The zero-order valence-electron chi connectivity index (χ0n) is 8.34. The van der Waals surface area contributed by atoms with Gasteiger partial charge in [-0.25, -0.2) is 0 Å². The summed E-state index contributed by atoms with van der Waals surface area (Å²) < 4.78 is 0. The Morgan fingerprint density at radius 1 is 1.33 bits per heavy atom. The molecule has 1 amide bonds. The van der Waals surface area contributed by atoms with Crippen molar-refractivity contribution in [3.63, 3.8) is 0 Å². The van der Waals surface area contributed by atoms with Gasteiger partial charge in [-0.2, -0.15) is 0 Å². The second kappa shape index (κ2) is 2.66. The molecular weight excluding hydrogens is 190 g/mol. The van der Waals surface area contributed by atoms with Gasteiger partial charge in [-0.15, -0.1) is 0 Å². The zero-order valence-corrected chi connectivity index (χ0v) is 8.34. The SMILES string of the molecule is Nc1cccc2c1NC(=O)C1(CC1)CN2. The van der Waals surface area contributed by atoms with Crippen molar-refractivity contribution in [3.8, 4) is 0 Å². The van der Waals surface area contributed by atoms with Gasteiger partial charge in [0, 0.05) is 6.54 Å². The monoisotopic (exact) mass is 203 g/mol. The molecular formula is C11H13N3O. The second-order valence-corrected chi connectivity index (χ2v) is 4.36. The number of nitrogen functional groups attached to an aromatic ring is 1. The van der Waals surface area contributed by atoms with Crippen molar-refractivity contribution in [2.75, 3.05) is 22.9 Å². The van der Waals surface area contributed by atoms with Crippen molar-refractivity contribution < 1.29 is 4.79 Å². The number of carbonyl (C=O) groups excluding carboxylic acids is 1.